The number of carbonyl (C=O) groups excluding carboxylic acids is 1. The smallest absolute Gasteiger partial charge is 0.257 e. The van der Waals surface area contributed by atoms with E-state index in [4.69, 9.17) is 5.26 Å². The number of hydrogen-bond acceptors (Lipinski definition) is 3. The third-order valence-electron chi connectivity index (χ3n) is 5.96. The molecule has 2 aliphatic rings. The molecule has 5 nitrogen and oxygen atoms in total. The van der Waals surface area contributed by atoms with Gasteiger partial charge in [0.2, 0.25) is 0 Å². The molecule has 2 aromatic rings. The van der Waals surface area contributed by atoms with Gasteiger partial charge in [-0.25, -0.2) is 0 Å². The van der Waals surface area contributed by atoms with Gasteiger partial charge in [0.15, 0.2) is 0 Å². The topological polar surface area (TPSA) is 61.9 Å². The maximum absolute atomic E-state index is 13.4. The minimum Gasteiger partial charge on any atom is -0.335 e. The molecular formula is C21H24N4O. The number of aromatic nitrogens is 2. The zero-order valence-corrected chi connectivity index (χ0v) is 15.2. The molecule has 0 bridgehead atoms. The van der Waals surface area contributed by atoms with Crippen molar-refractivity contribution < 1.29 is 4.79 Å². The van der Waals surface area contributed by atoms with Crippen LogP contribution in [-0.2, 0) is 7.05 Å². The van der Waals surface area contributed by atoms with Gasteiger partial charge in [0.1, 0.15) is 0 Å². The van der Waals surface area contributed by atoms with Crippen molar-refractivity contribution in [1.82, 2.24) is 14.7 Å². The number of piperidine rings is 1. The van der Waals surface area contributed by atoms with Gasteiger partial charge in [-0.1, -0.05) is 25.0 Å². The summed E-state index contributed by atoms with van der Waals surface area (Å²) in [6.07, 6.45) is 8.95. The Kier molecular flexibility index (Phi) is 4.50. The quantitative estimate of drug-likeness (QED) is 0.830. The van der Waals surface area contributed by atoms with Crippen molar-refractivity contribution in [2.75, 3.05) is 6.54 Å². The van der Waals surface area contributed by atoms with Gasteiger partial charge in [0, 0.05) is 25.2 Å². The van der Waals surface area contributed by atoms with Gasteiger partial charge in [-0.2, -0.15) is 10.4 Å². The van der Waals surface area contributed by atoms with Crippen molar-refractivity contribution >= 4 is 5.91 Å². The van der Waals surface area contributed by atoms with Crippen molar-refractivity contribution in [3.63, 3.8) is 0 Å². The molecule has 0 N–H and O–H groups in total. The normalized spacial score (nSPS) is 22.5. The first kappa shape index (κ1) is 16.8. The highest BCUT2D eigenvalue weighted by Gasteiger charge is 2.37. The molecule has 2 heterocycles. The van der Waals surface area contributed by atoms with Gasteiger partial charge < -0.3 is 4.90 Å². The van der Waals surface area contributed by atoms with E-state index in [1.54, 1.807) is 23.0 Å². The predicted octanol–water partition coefficient (Wildman–Crippen LogP) is 3.75. The number of aryl methyl sites for hydroxylation is 1. The summed E-state index contributed by atoms with van der Waals surface area (Å²) in [5, 5.41) is 13.4. The fraction of sp³-hybridized carbons (Fsp3) is 0.476. The van der Waals surface area contributed by atoms with Crippen LogP contribution in [0.2, 0.25) is 0 Å². The standard InChI is InChI=1S/C21H24N4O/c1-24-20(17-10-8-15(13-22)9-11-17)18(14-23-24)21(26)25-12-4-6-16-5-2-3-7-19(16)25/h8-11,14,16,19H,2-7,12H2,1H3. The number of nitriles is 1. The summed E-state index contributed by atoms with van der Waals surface area (Å²) in [7, 11) is 1.87. The van der Waals surface area contributed by atoms with Gasteiger partial charge in [-0.15, -0.1) is 0 Å². The summed E-state index contributed by atoms with van der Waals surface area (Å²) >= 11 is 0. The molecular weight excluding hydrogens is 324 g/mol. The Morgan fingerprint density at radius 1 is 1.15 bits per heavy atom. The number of carbonyl (C=O) groups is 1. The Morgan fingerprint density at radius 3 is 2.65 bits per heavy atom. The largest absolute Gasteiger partial charge is 0.335 e. The summed E-state index contributed by atoms with van der Waals surface area (Å²) in [4.78, 5) is 15.5. The first-order valence-corrected chi connectivity index (χ1v) is 9.52. The lowest BCUT2D eigenvalue weighted by Crippen LogP contribution is -2.49. The van der Waals surface area contributed by atoms with Crippen molar-refractivity contribution in [2.24, 2.45) is 13.0 Å². The molecule has 1 saturated heterocycles. The molecule has 1 aromatic heterocycles. The van der Waals surface area contributed by atoms with Crippen LogP contribution in [-0.4, -0.2) is 33.2 Å². The number of fused-ring (bicyclic) bond motifs is 1. The minimum absolute atomic E-state index is 0.106. The van der Waals surface area contributed by atoms with Crippen molar-refractivity contribution in [2.45, 2.75) is 44.6 Å². The van der Waals surface area contributed by atoms with Crippen LogP contribution in [0.5, 0.6) is 0 Å². The lowest BCUT2D eigenvalue weighted by atomic mass is 9.78. The van der Waals surface area contributed by atoms with E-state index in [1.165, 1.54) is 25.7 Å². The highest BCUT2D eigenvalue weighted by molar-refractivity contribution is 6.00. The molecule has 1 aromatic carbocycles. The number of amides is 1. The molecule has 2 atom stereocenters. The summed E-state index contributed by atoms with van der Waals surface area (Å²) < 4.78 is 1.76. The molecule has 2 unspecified atom stereocenters. The van der Waals surface area contributed by atoms with Gasteiger partial charge in [0.25, 0.3) is 5.91 Å². The second kappa shape index (κ2) is 6.95. The minimum atomic E-state index is 0.106. The summed E-state index contributed by atoms with van der Waals surface area (Å²) in [6, 6.07) is 9.89. The molecule has 2 fully saturated rings. The second-order valence-corrected chi connectivity index (χ2v) is 7.47. The third-order valence-corrected chi connectivity index (χ3v) is 5.96. The average molecular weight is 348 g/mol. The lowest BCUT2D eigenvalue weighted by Gasteiger charge is -2.44. The van der Waals surface area contributed by atoms with Crippen LogP contribution < -0.4 is 0 Å². The summed E-state index contributed by atoms with van der Waals surface area (Å²) in [6.45, 7) is 0.849. The van der Waals surface area contributed by atoms with Crippen LogP contribution in [0, 0.1) is 17.2 Å². The van der Waals surface area contributed by atoms with E-state index in [9.17, 15) is 4.79 Å². The van der Waals surface area contributed by atoms with E-state index >= 15 is 0 Å². The molecule has 26 heavy (non-hydrogen) atoms. The fourth-order valence-electron chi connectivity index (χ4n) is 4.67. The van der Waals surface area contributed by atoms with Crippen LogP contribution in [0.25, 0.3) is 11.3 Å². The van der Waals surface area contributed by atoms with Crippen LogP contribution >= 0.6 is 0 Å². The van der Waals surface area contributed by atoms with E-state index in [2.05, 4.69) is 16.1 Å². The Hall–Kier alpha value is -2.61. The molecule has 4 rings (SSSR count). The Balaban J connectivity index is 1.67. The Bertz CT molecular complexity index is 844. The van der Waals surface area contributed by atoms with Crippen LogP contribution in [0.1, 0.15) is 54.4 Å². The van der Waals surface area contributed by atoms with Crippen molar-refractivity contribution in [1.29, 1.82) is 5.26 Å². The van der Waals surface area contributed by atoms with Crippen LogP contribution in [0.15, 0.2) is 30.5 Å². The van der Waals surface area contributed by atoms with E-state index in [1.807, 2.05) is 19.2 Å². The van der Waals surface area contributed by atoms with Crippen molar-refractivity contribution in [3.8, 4) is 17.3 Å². The first-order valence-electron chi connectivity index (χ1n) is 9.52. The highest BCUT2D eigenvalue weighted by Crippen LogP contribution is 2.36. The predicted molar refractivity (Wildman–Crippen MR) is 99.4 cm³/mol. The molecule has 134 valence electrons. The number of nitrogens with zero attached hydrogens (tertiary/aromatic N) is 4. The van der Waals surface area contributed by atoms with Crippen LogP contribution in [0.3, 0.4) is 0 Å². The van der Waals surface area contributed by atoms with Gasteiger partial charge in [0.05, 0.1) is 29.1 Å². The fourth-order valence-corrected chi connectivity index (χ4v) is 4.67. The monoisotopic (exact) mass is 348 g/mol. The number of benzene rings is 1. The molecule has 1 amide bonds. The van der Waals surface area contributed by atoms with E-state index < -0.39 is 0 Å². The van der Waals surface area contributed by atoms with E-state index in [0.29, 0.717) is 23.1 Å². The van der Waals surface area contributed by atoms with E-state index in [0.717, 1.165) is 30.6 Å². The highest BCUT2D eigenvalue weighted by atomic mass is 16.2. The maximum Gasteiger partial charge on any atom is 0.257 e. The zero-order valence-electron chi connectivity index (χ0n) is 15.2. The molecule has 1 aliphatic heterocycles. The number of hydrogen-bond donors (Lipinski definition) is 0. The third kappa shape index (κ3) is 2.90. The lowest BCUT2D eigenvalue weighted by molar-refractivity contribution is 0.0391. The molecule has 0 radical (unpaired) electrons. The number of likely N-dealkylation sites (tertiary alicyclic amines) is 1. The SMILES string of the molecule is Cn1ncc(C(=O)N2CCCC3CCCCC32)c1-c1ccc(C#N)cc1. The average Bonchev–Trinajstić information content (AvgIpc) is 3.08. The second-order valence-electron chi connectivity index (χ2n) is 7.47. The van der Waals surface area contributed by atoms with Crippen molar-refractivity contribution in [3.05, 3.63) is 41.6 Å². The molecule has 1 aliphatic carbocycles. The van der Waals surface area contributed by atoms with Gasteiger partial charge >= 0.3 is 0 Å². The summed E-state index contributed by atoms with van der Waals surface area (Å²) in [5.74, 6) is 0.769. The van der Waals surface area contributed by atoms with E-state index in [-0.39, 0.29) is 5.91 Å². The molecule has 5 heteroatoms. The molecule has 1 saturated carbocycles. The molecule has 0 spiro atoms. The van der Waals surface area contributed by atoms with Gasteiger partial charge in [-0.05, 0) is 43.7 Å². The van der Waals surface area contributed by atoms with Gasteiger partial charge in [-0.3, -0.25) is 9.48 Å². The Labute approximate surface area is 154 Å². The number of rotatable bonds is 2. The first-order chi connectivity index (χ1) is 12.7. The maximum atomic E-state index is 13.4. The van der Waals surface area contributed by atoms with Crippen LogP contribution in [0.4, 0.5) is 0 Å². The zero-order chi connectivity index (χ0) is 18.1. The summed E-state index contributed by atoms with van der Waals surface area (Å²) in [5.41, 5.74) is 3.04. The Morgan fingerprint density at radius 2 is 1.88 bits per heavy atom.